The van der Waals surface area contributed by atoms with Crippen LogP contribution in [-0.4, -0.2) is 12.1 Å². The second-order valence-electron chi connectivity index (χ2n) is 4.87. The summed E-state index contributed by atoms with van der Waals surface area (Å²) in [5.41, 5.74) is 0. The lowest BCUT2D eigenvalue weighted by Crippen LogP contribution is -2.39. The van der Waals surface area contributed by atoms with Gasteiger partial charge >= 0.3 is 0 Å². The fourth-order valence-electron chi connectivity index (χ4n) is 1.74. The normalized spacial score (nSPS) is 18.7. The molecule has 0 saturated carbocycles. The molecule has 80 valence electrons. The van der Waals surface area contributed by atoms with Gasteiger partial charge in [0.05, 0.1) is 0 Å². The first-order chi connectivity index (χ1) is 5.97. The molecular formula is C12H27N. The minimum atomic E-state index is 0.652. The Hall–Kier alpha value is -0.0400. The standard InChI is InChI=1S/C12H27N/c1-7-10(4)12(6)13-11(5)8-9(2)3/h9-13H,7-8H2,1-6H3. The molecule has 1 N–H and O–H groups in total. The number of hydrogen-bond donors (Lipinski definition) is 1. The maximum Gasteiger partial charge on any atom is 0.00667 e. The van der Waals surface area contributed by atoms with Crippen molar-refractivity contribution in [3.63, 3.8) is 0 Å². The van der Waals surface area contributed by atoms with Gasteiger partial charge in [-0.25, -0.2) is 0 Å². The maximum atomic E-state index is 3.66. The van der Waals surface area contributed by atoms with Gasteiger partial charge in [0.2, 0.25) is 0 Å². The summed E-state index contributed by atoms with van der Waals surface area (Å²) in [4.78, 5) is 0. The molecule has 0 saturated heterocycles. The molecule has 1 heteroatoms. The summed E-state index contributed by atoms with van der Waals surface area (Å²) < 4.78 is 0. The van der Waals surface area contributed by atoms with Crippen LogP contribution in [0.3, 0.4) is 0 Å². The van der Waals surface area contributed by atoms with E-state index in [1.807, 2.05) is 0 Å². The molecule has 3 atom stereocenters. The highest BCUT2D eigenvalue weighted by Crippen LogP contribution is 2.10. The fraction of sp³-hybridized carbons (Fsp3) is 1.00. The molecule has 0 fully saturated rings. The Morgan fingerprint density at radius 2 is 1.54 bits per heavy atom. The molecule has 0 aliphatic rings. The zero-order valence-electron chi connectivity index (χ0n) is 10.2. The quantitative estimate of drug-likeness (QED) is 0.668. The average Bonchev–Trinajstić information content (AvgIpc) is 2.01. The minimum Gasteiger partial charge on any atom is -0.312 e. The van der Waals surface area contributed by atoms with E-state index in [1.165, 1.54) is 12.8 Å². The predicted octanol–water partition coefficient (Wildman–Crippen LogP) is 3.45. The molecule has 0 aliphatic heterocycles. The van der Waals surface area contributed by atoms with Crippen LogP contribution in [0, 0.1) is 11.8 Å². The summed E-state index contributed by atoms with van der Waals surface area (Å²) >= 11 is 0. The van der Waals surface area contributed by atoms with E-state index in [-0.39, 0.29) is 0 Å². The summed E-state index contributed by atoms with van der Waals surface area (Å²) in [5, 5.41) is 3.66. The summed E-state index contributed by atoms with van der Waals surface area (Å²) in [6.45, 7) is 13.7. The summed E-state index contributed by atoms with van der Waals surface area (Å²) in [6, 6.07) is 1.31. The van der Waals surface area contributed by atoms with E-state index < -0.39 is 0 Å². The first-order valence-electron chi connectivity index (χ1n) is 5.73. The van der Waals surface area contributed by atoms with Crippen LogP contribution in [0.15, 0.2) is 0 Å². The molecular weight excluding hydrogens is 158 g/mol. The molecule has 0 heterocycles. The van der Waals surface area contributed by atoms with Gasteiger partial charge in [0.25, 0.3) is 0 Å². The Kier molecular flexibility index (Phi) is 6.40. The molecule has 3 unspecified atom stereocenters. The van der Waals surface area contributed by atoms with E-state index in [1.54, 1.807) is 0 Å². The highest BCUT2D eigenvalue weighted by atomic mass is 14.9. The van der Waals surface area contributed by atoms with Crippen molar-refractivity contribution in [2.45, 2.75) is 66.5 Å². The molecule has 0 bridgehead atoms. The Morgan fingerprint density at radius 1 is 1.00 bits per heavy atom. The fourth-order valence-corrected chi connectivity index (χ4v) is 1.74. The third kappa shape index (κ3) is 6.09. The van der Waals surface area contributed by atoms with Gasteiger partial charge in [-0.3, -0.25) is 0 Å². The molecule has 1 nitrogen and oxygen atoms in total. The van der Waals surface area contributed by atoms with Crippen LogP contribution in [0.2, 0.25) is 0 Å². The second kappa shape index (κ2) is 6.42. The third-order valence-electron chi connectivity index (χ3n) is 2.87. The van der Waals surface area contributed by atoms with Crippen LogP contribution in [0.1, 0.15) is 54.4 Å². The summed E-state index contributed by atoms with van der Waals surface area (Å²) in [6.07, 6.45) is 2.54. The van der Waals surface area contributed by atoms with Gasteiger partial charge in [0.15, 0.2) is 0 Å². The van der Waals surface area contributed by atoms with Crippen molar-refractivity contribution in [3.05, 3.63) is 0 Å². The van der Waals surface area contributed by atoms with E-state index in [2.05, 4.69) is 46.9 Å². The Bertz CT molecular complexity index is 120. The smallest absolute Gasteiger partial charge is 0.00667 e. The largest absolute Gasteiger partial charge is 0.312 e. The molecule has 0 aliphatic carbocycles. The zero-order chi connectivity index (χ0) is 10.4. The predicted molar refractivity (Wildman–Crippen MR) is 61.0 cm³/mol. The Morgan fingerprint density at radius 3 is 1.92 bits per heavy atom. The van der Waals surface area contributed by atoms with Crippen LogP contribution in [0.4, 0.5) is 0 Å². The monoisotopic (exact) mass is 185 g/mol. The maximum absolute atomic E-state index is 3.66. The van der Waals surface area contributed by atoms with Crippen molar-refractivity contribution >= 4 is 0 Å². The van der Waals surface area contributed by atoms with Gasteiger partial charge in [-0.1, -0.05) is 34.1 Å². The van der Waals surface area contributed by atoms with Gasteiger partial charge in [0.1, 0.15) is 0 Å². The molecule has 0 amide bonds. The van der Waals surface area contributed by atoms with E-state index >= 15 is 0 Å². The molecule has 0 rings (SSSR count). The molecule has 0 aromatic heterocycles. The van der Waals surface area contributed by atoms with Crippen molar-refractivity contribution in [1.29, 1.82) is 0 Å². The van der Waals surface area contributed by atoms with Crippen LogP contribution < -0.4 is 5.32 Å². The topological polar surface area (TPSA) is 12.0 Å². The highest BCUT2D eigenvalue weighted by Gasteiger charge is 2.13. The lowest BCUT2D eigenvalue weighted by Gasteiger charge is -2.25. The van der Waals surface area contributed by atoms with Gasteiger partial charge in [-0.15, -0.1) is 0 Å². The van der Waals surface area contributed by atoms with Gasteiger partial charge in [-0.2, -0.15) is 0 Å². The average molecular weight is 185 g/mol. The first-order valence-corrected chi connectivity index (χ1v) is 5.73. The second-order valence-corrected chi connectivity index (χ2v) is 4.87. The van der Waals surface area contributed by atoms with E-state index in [0.717, 1.165) is 11.8 Å². The molecule has 0 aromatic rings. The molecule has 0 radical (unpaired) electrons. The molecule has 13 heavy (non-hydrogen) atoms. The summed E-state index contributed by atoms with van der Waals surface area (Å²) in [7, 11) is 0. The number of rotatable bonds is 6. The van der Waals surface area contributed by atoms with Crippen molar-refractivity contribution in [3.8, 4) is 0 Å². The summed E-state index contributed by atoms with van der Waals surface area (Å²) in [5.74, 6) is 1.58. The lowest BCUT2D eigenvalue weighted by atomic mass is 9.98. The highest BCUT2D eigenvalue weighted by molar-refractivity contribution is 4.72. The van der Waals surface area contributed by atoms with Crippen molar-refractivity contribution in [1.82, 2.24) is 5.32 Å². The van der Waals surface area contributed by atoms with Crippen LogP contribution in [0.25, 0.3) is 0 Å². The Balaban J connectivity index is 3.70. The zero-order valence-corrected chi connectivity index (χ0v) is 10.2. The number of hydrogen-bond acceptors (Lipinski definition) is 1. The van der Waals surface area contributed by atoms with Crippen LogP contribution >= 0.6 is 0 Å². The lowest BCUT2D eigenvalue weighted by molar-refractivity contribution is 0.331. The first kappa shape index (κ1) is 13.0. The van der Waals surface area contributed by atoms with Crippen molar-refractivity contribution in [2.75, 3.05) is 0 Å². The van der Waals surface area contributed by atoms with Gasteiger partial charge in [-0.05, 0) is 32.1 Å². The molecule has 0 spiro atoms. The number of nitrogens with one attached hydrogen (secondary N) is 1. The van der Waals surface area contributed by atoms with Gasteiger partial charge < -0.3 is 5.32 Å². The van der Waals surface area contributed by atoms with E-state index in [4.69, 9.17) is 0 Å². The van der Waals surface area contributed by atoms with Crippen LogP contribution in [-0.2, 0) is 0 Å². The van der Waals surface area contributed by atoms with Crippen molar-refractivity contribution < 1.29 is 0 Å². The minimum absolute atomic E-state index is 0.652. The molecule has 0 aromatic carbocycles. The van der Waals surface area contributed by atoms with E-state index in [9.17, 15) is 0 Å². The van der Waals surface area contributed by atoms with E-state index in [0.29, 0.717) is 12.1 Å². The SMILES string of the molecule is CCC(C)C(C)NC(C)CC(C)C. The van der Waals surface area contributed by atoms with Gasteiger partial charge in [0, 0.05) is 12.1 Å². The Labute approximate surface area is 84.3 Å². The van der Waals surface area contributed by atoms with Crippen LogP contribution in [0.5, 0.6) is 0 Å². The van der Waals surface area contributed by atoms with Crippen molar-refractivity contribution in [2.24, 2.45) is 11.8 Å². The third-order valence-corrected chi connectivity index (χ3v) is 2.87.